The quantitative estimate of drug-likeness (QED) is 0.869. The van der Waals surface area contributed by atoms with Crippen LogP contribution in [0.5, 0.6) is 5.88 Å². The first-order valence-electron chi connectivity index (χ1n) is 6.52. The first-order valence-corrected chi connectivity index (χ1v) is 6.52. The van der Waals surface area contributed by atoms with Gasteiger partial charge in [-0.2, -0.15) is 5.10 Å². The monoisotopic (exact) mass is 263 g/mol. The number of hydrogen-bond acceptors (Lipinski definition) is 4. The standard InChI is InChI=1S/C14H21N3O2/c1-5-15-8-13-7-12(11(3)19-13)9-18-14-6-10(2)16-17(14)4/h6-7,15H,5,8-9H2,1-4H3. The minimum absolute atomic E-state index is 0.500. The Hall–Kier alpha value is -1.75. The highest BCUT2D eigenvalue weighted by Gasteiger charge is 2.09. The van der Waals surface area contributed by atoms with E-state index in [-0.39, 0.29) is 0 Å². The Morgan fingerprint density at radius 3 is 2.79 bits per heavy atom. The Balaban J connectivity index is 1.99. The molecule has 104 valence electrons. The van der Waals surface area contributed by atoms with Gasteiger partial charge in [0.15, 0.2) is 0 Å². The summed E-state index contributed by atoms with van der Waals surface area (Å²) in [5.74, 6) is 2.62. The molecule has 0 amide bonds. The molecular weight excluding hydrogens is 242 g/mol. The van der Waals surface area contributed by atoms with Crippen LogP contribution in [0.1, 0.15) is 29.7 Å². The van der Waals surface area contributed by atoms with Crippen molar-refractivity contribution in [1.82, 2.24) is 15.1 Å². The third-order valence-electron chi connectivity index (χ3n) is 2.96. The fraction of sp³-hybridized carbons (Fsp3) is 0.500. The second-order valence-corrected chi connectivity index (χ2v) is 4.61. The minimum Gasteiger partial charge on any atom is -0.473 e. The Labute approximate surface area is 113 Å². The lowest BCUT2D eigenvalue weighted by molar-refractivity contribution is 0.276. The molecule has 0 aliphatic heterocycles. The second kappa shape index (κ2) is 5.93. The fourth-order valence-corrected chi connectivity index (χ4v) is 1.94. The van der Waals surface area contributed by atoms with Crippen molar-refractivity contribution in [2.24, 2.45) is 7.05 Å². The van der Waals surface area contributed by atoms with Gasteiger partial charge in [-0.05, 0) is 26.5 Å². The first-order chi connectivity index (χ1) is 9.10. The molecule has 0 saturated carbocycles. The number of aryl methyl sites for hydroxylation is 3. The Kier molecular flexibility index (Phi) is 4.27. The predicted octanol–water partition coefficient (Wildman–Crippen LogP) is 2.32. The molecule has 0 bridgehead atoms. The summed E-state index contributed by atoms with van der Waals surface area (Å²) in [6.07, 6.45) is 0. The van der Waals surface area contributed by atoms with E-state index in [1.165, 1.54) is 0 Å². The molecule has 0 fully saturated rings. The van der Waals surface area contributed by atoms with Crippen LogP contribution in [-0.4, -0.2) is 16.3 Å². The Morgan fingerprint density at radius 2 is 2.16 bits per heavy atom. The number of furan rings is 1. The number of nitrogens with zero attached hydrogens (tertiary/aromatic N) is 2. The van der Waals surface area contributed by atoms with Gasteiger partial charge in [-0.3, -0.25) is 0 Å². The van der Waals surface area contributed by atoms with E-state index in [1.54, 1.807) is 4.68 Å². The number of aromatic nitrogens is 2. The average Bonchev–Trinajstić information content (AvgIpc) is 2.87. The zero-order valence-corrected chi connectivity index (χ0v) is 12.0. The van der Waals surface area contributed by atoms with Gasteiger partial charge in [0.05, 0.1) is 12.2 Å². The van der Waals surface area contributed by atoms with Gasteiger partial charge >= 0.3 is 0 Å². The predicted molar refractivity (Wildman–Crippen MR) is 73.1 cm³/mol. The zero-order valence-electron chi connectivity index (χ0n) is 12.0. The highest BCUT2D eigenvalue weighted by atomic mass is 16.5. The van der Waals surface area contributed by atoms with Gasteiger partial charge < -0.3 is 14.5 Å². The molecule has 0 saturated heterocycles. The summed E-state index contributed by atoms with van der Waals surface area (Å²) in [4.78, 5) is 0. The van der Waals surface area contributed by atoms with Crippen molar-refractivity contribution in [3.63, 3.8) is 0 Å². The summed E-state index contributed by atoms with van der Waals surface area (Å²) < 4.78 is 13.2. The number of rotatable bonds is 6. The van der Waals surface area contributed by atoms with E-state index >= 15 is 0 Å². The maximum Gasteiger partial charge on any atom is 0.212 e. The van der Waals surface area contributed by atoms with Crippen LogP contribution in [0.15, 0.2) is 16.5 Å². The van der Waals surface area contributed by atoms with E-state index in [2.05, 4.69) is 17.3 Å². The molecule has 0 spiro atoms. The van der Waals surface area contributed by atoms with Crippen LogP contribution in [0.2, 0.25) is 0 Å². The molecule has 2 rings (SSSR count). The molecule has 0 aliphatic carbocycles. The average molecular weight is 263 g/mol. The Morgan fingerprint density at radius 1 is 1.37 bits per heavy atom. The van der Waals surface area contributed by atoms with Crippen molar-refractivity contribution in [3.05, 3.63) is 34.9 Å². The maximum atomic E-state index is 5.76. The van der Waals surface area contributed by atoms with E-state index in [0.29, 0.717) is 6.61 Å². The van der Waals surface area contributed by atoms with Crippen molar-refractivity contribution in [3.8, 4) is 5.88 Å². The lowest BCUT2D eigenvalue weighted by Crippen LogP contribution is -2.10. The van der Waals surface area contributed by atoms with Gasteiger partial charge in [0.1, 0.15) is 18.1 Å². The van der Waals surface area contributed by atoms with Crippen LogP contribution in [0.3, 0.4) is 0 Å². The largest absolute Gasteiger partial charge is 0.473 e. The van der Waals surface area contributed by atoms with E-state index in [0.717, 1.165) is 41.7 Å². The van der Waals surface area contributed by atoms with E-state index in [9.17, 15) is 0 Å². The normalized spacial score (nSPS) is 10.9. The number of hydrogen-bond donors (Lipinski definition) is 1. The van der Waals surface area contributed by atoms with Crippen LogP contribution in [0, 0.1) is 13.8 Å². The molecule has 0 radical (unpaired) electrons. The lowest BCUT2D eigenvalue weighted by Gasteiger charge is -2.04. The minimum atomic E-state index is 0.500. The molecule has 2 aromatic heterocycles. The number of nitrogens with one attached hydrogen (secondary N) is 1. The first kappa shape index (κ1) is 13.7. The lowest BCUT2D eigenvalue weighted by atomic mass is 10.2. The van der Waals surface area contributed by atoms with Gasteiger partial charge in [-0.1, -0.05) is 6.92 Å². The summed E-state index contributed by atoms with van der Waals surface area (Å²) in [6, 6.07) is 3.97. The third kappa shape index (κ3) is 3.38. The van der Waals surface area contributed by atoms with Gasteiger partial charge in [0.2, 0.25) is 5.88 Å². The molecule has 0 aliphatic rings. The molecule has 2 heterocycles. The second-order valence-electron chi connectivity index (χ2n) is 4.61. The molecule has 0 aromatic carbocycles. The topological polar surface area (TPSA) is 52.2 Å². The molecule has 2 aromatic rings. The molecule has 1 N–H and O–H groups in total. The summed E-state index contributed by atoms with van der Waals surface area (Å²) in [5.41, 5.74) is 2.03. The van der Waals surface area contributed by atoms with Gasteiger partial charge in [-0.15, -0.1) is 0 Å². The van der Waals surface area contributed by atoms with Crippen molar-refractivity contribution in [2.75, 3.05) is 6.54 Å². The highest BCUT2D eigenvalue weighted by Crippen LogP contribution is 2.18. The molecule has 5 nitrogen and oxygen atoms in total. The van der Waals surface area contributed by atoms with E-state index in [4.69, 9.17) is 9.15 Å². The van der Waals surface area contributed by atoms with Crippen LogP contribution >= 0.6 is 0 Å². The SMILES string of the molecule is CCNCc1cc(COc2cc(C)nn2C)c(C)o1. The number of ether oxygens (including phenoxy) is 1. The van der Waals surface area contributed by atoms with E-state index < -0.39 is 0 Å². The van der Waals surface area contributed by atoms with Crippen molar-refractivity contribution < 1.29 is 9.15 Å². The molecule has 0 unspecified atom stereocenters. The maximum absolute atomic E-state index is 5.76. The molecule has 5 heteroatoms. The summed E-state index contributed by atoms with van der Waals surface area (Å²) in [6.45, 7) is 8.17. The zero-order chi connectivity index (χ0) is 13.8. The molecule has 0 atom stereocenters. The summed E-state index contributed by atoms with van der Waals surface area (Å²) in [5, 5.41) is 7.49. The third-order valence-corrected chi connectivity index (χ3v) is 2.96. The fourth-order valence-electron chi connectivity index (χ4n) is 1.94. The van der Waals surface area contributed by atoms with E-state index in [1.807, 2.05) is 33.0 Å². The van der Waals surface area contributed by atoms with Gasteiger partial charge in [0, 0.05) is 18.7 Å². The van der Waals surface area contributed by atoms with Crippen molar-refractivity contribution >= 4 is 0 Å². The van der Waals surface area contributed by atoms with Crippen LogP contribution < -0.4 is 10.1 Å². The smallest absolute Gasteiger partial charge is 0.212 e. The highest BCUT2D eigenvalue weighted by molar-refractivity contribution is 5.21. The summed E-state index contributed by atoms with van der Waals surface area (Å²) >= 11 is 0. The van der Waals surface area contributed by atoms with Crippen molar-refractivity contribution in [2.45, 2.75) is 33.9 Å². The van der Waals surface area contributed by atoms with Crippen LogP contribution in [0.4, 0.5) is 0 Å². The van der Waals surface area contributed by atoms with Gasteiger partial charge in [-0.25, -0.2) is 4.68 Å². The van der Waals surface area contributed by atoms with Crippen LogP contribution in [0.25, 0.3) is 0 Å². The molecular formula is C14H21N3O2. The van der Waals surface area contributed by atoms with Crippen LogP contribution in [-0.2, 0) is 20.2 Å². The summed E-state index contributed by atoms with van der Waals surface area (Å²) in [7, 11) is 1.88. The Bertz CT molecular complexity index is 543. The molecule has 19 heavy (non-hydrogen) atoms. The van der Waals surface area contributed by atoms with Gasteiger partial charge in [0.25, 0.3) is 0 Å². The van der Waals surface area contributed by atoms with Crippen molar-refractivity contribution in [1.29, 1.82) is 0 Å².